The van der Waals surface area contributed by atoms with Crippen LogP contribution in [0.2, 0.25) is 0 Å². The van der Waals surface area contributed by atoms with Crippen LogP contribution in [0.4, 0.5) is 5.82 Å². The van der Waals surface area contributed by atoms with Gasteiger partial charge in [-0.1, -0.05) is 6.92 Å². The summed E-state index contributed by atoms with van der Waals surface area (Å²) in [4.78, 5) is 18.6. The Morgan fingerprint density at radius 3 is 3.00 bits per heavy atom. The van der Waals surface area contributed by atoms with Gasteiger partial charge in [-0.05, 0) is 25.7 Å². The normalized spacial score (nSPS) is 24.3. The SMILES string of the molecule is CCn1ccnc(N2CCC(C)CC2CN)c1=O. The molecule has 2 atom stereocenters. The Balaban J connectivity index is 2.33. The van der Waals surface area contributed by atoms with Crippen LogP contribution in [-0.2, 0) is 6.54 Å². The van der Waals surface area contributed by atoms with Crippen LogP contribution in [0.5, 0.6) is 0 Å². The van der Waals surface area contributed by atoms with Crippen molar-refractivity contribution in [3.8, 4) is 0 Å². The van der Waals surface area contributed by atoms with Crippen LogP contribution in [0.15, 0.2) is 17.2 Å². The fraction of sp³-hybridized carbons (Fsp3) is 0.692. The molecular weight excluding hydrogens is 228 g/mol. The molecule has 0 amide bonds. The number of piperidine rings is 1. The summed E-state index contributed by atoms with van der Waals surface area (Å²) < 4.78 is 1.69. The van der Waals surface area contributed by atoms with Gasteiger partial charge in [0.2, 0.25) is 0 Å². The standard InChI is InChI=1S/C13H22N4O/c1-3-16-7-5-15-12(13(16)18)17-6-4-10(2)8-11(17)9-14/h5,7,10-11H,3-4,6,8-9,14H2,1-2H3. The maximum atomic E-state index is 12.3. The molecule has 1 aliphatic rings. The first-order valence-electron chi connectivity index (χ1n) is 6.69. The summed E-state index contributed by atoms with van der Waals surface area (Å²) in [6, 6.07) is 0.238. The number of hydrogen-bond donors (Lipinski definition) is 1. The zero-order chi connectivity index (χ0) is 13.1. The van der Waals surface area contributed by atoms with E-state index < -0.39 is 0 Å². The minimum atomic E-state index is -0.00648. The Labute approximate surface area is 108 Å². The fourth-order valence-corrected chi connectivity index (χ4v) is 2.64. The average Bonchev–Trinajstić information content (AvgIpc) is 2.39. The van der Waals surface area contributed by atoms with E-state index in [4.69, 9.17) is 5.73 Å². The minimum Gasteiger partial charge on any atom is -0.348 e. The van der Waals surface area contributed by atoms with Crippen molar-refractivity contribution in [2.24, 2.45) is 11.7 Å². The van der Waals surface area contributed by atoms with Crippen LogP contribution in [0.3, 0.4) is 0 Å². The number of hydrogen-bond acceptors (Lipinski definition) is 4. The lowest BCUT2D eigenvalue weighted by Crippen LogP contribution is -2.49. The van der Waals surface area contributed by atoms with E-state index in [9.17, 15) is 4.79 Å². The Hall–Kier alpha value is -1.36. The summed E-state index contributed by atoms with van der Waals surface area (Å²) in [6.45, 7) is 6.32. The molecule has 0 spiro atoms. The van der Waals surface area contributed by atoms with Gasteiger partial charge in [0, 0.05) is 38.1 Å². The molecule has 1 fully saturated rings. The molecule has 2 N–H and O–H groups in total. The van der Waals surface area contributed by atoms with Crippen molar-refractivity contribution in [2.75, 3.05) is 18.0 Å². The second-order valence-electron chi connectivity index (χ2n) is 5.05. The number of nitrogens with two attached hydrogens (primary N) is 1. The van der Waals surface area contributed by atoms with Gasteiger partial charge >= 0.3 is 0 Å². The van der Waals surface area contributed by atoms with Crippen molar-refractivity contribution < 1.29 is 0 Å². The molecule has 0 aromatic carbocycles. The molecule has 100 valence electrons. The van der Waals surface area contributed by atoms with Gasteiger partial charge in [-0.2, -0.15) is 0 Å². The number of aryl methyl sites for hydroxylation is 1. The predicted octanol–water partition coefficient (Wildman–Crippen LogP) is 0.827. The lowest BCUT2D eigenvalue weighted by molar-refractivity contribution is 0.363. The van der Waals surface area contributed by atoms with E-state index >= 15 is 0 Å². The summed E-state index contributed by atoms with van der Waals surface area (Å²) >= 11 is 0. The van der Waals surface area contributed by atoms with E-state index in [1.54, 1.807) is 17.0 Å². The summed E-state index contributed by atoms with van der Waals surface area (Å²) in [5.74, 6) is 1.23. The molecule has 2 heterocycles. The first kappa shape index (κ1) is 13.1. The molecule has 0 saturated carbocycles. The minimum absolute atomic E-state index is 0.00648. The molecular formula is C13H22N4O. The van der Waals surface area contributed by atoms with Gasteiger partial charge in [0.25, 0.3) is 5.56 Å². The second-order valence-corrected chi connectivity index (χ2v) is 5.05. The number of aromatic nitrogens is 2. The monoisotopic (exact) mass is 250 g/mol. The summed E-state index contributed by atoms with van der Waals surface area (Å²) in [5.41, 5.74) is 5.83. The Morgan fingerprint density at radius 2 is 2.33 bits per heavy atom. The first-order chi connectivity index (χ1) is 8.67. The van der Waals surface area contributed by atoms with Gasteiger partial charge in [0.15, 0.2) is 5.82 Å². The van der Waals surface area contributed by atoms with Crippen molar-refractivity contribution >= 4 is 5.82 Å². The molecule has 1 aliphatic heterocycles. The van der Waals surface area contributed by atoms with Crippen molar-refractivity contribution in [3.63, 3.8) is 0 Å². The highest BCUT2D eigenvalue weighted by Crippen LogP contribution is 2.24. The van der Waals surface area contributed by atoms with Crippen LogP contribution < -0.4 is 16.2 Å². The molecule has 1 saturated heterocycles. The molecule has 2 rings (SSSR count). The largest absolute Gasteiger partial charge is 0.348 e. The Kier molecular flexibility index (Phi) is 4.01. The average molecular weight is 250 g/mol. The fourth-order valence-electron chi connectivity index (χ4n) is 2.64. The van der Waals surface area contributed by atoms with Crippen LogP contribution in [0.25, 0.3) is 0 Å². The summed E-state index contributed by atoms with van der Waals surface area (Å²) in [7, 11) is 0. The zero-order valence-electron chi connectivity index (χ0n) is 11.2. The maximum Gasteiger partial charge on any atom is 0.293 e. The van der Waals surface area contributed by atoms with Gasteiger partial charge in [-0.25, -0.2) is 4.98 Å². The van der Waals surface area contributed by atoms with Gasteiger partial charge in [-0.3, -0.25) is 4.79 Å². The lowest BCUT2D eigenvalue weighted by atomic mass is 9.92. The molecule has 2 unspecified atom stereocenters. The highest BCUT2D eigenvalue weighted by Gasteiger charge is 2.28. The van der Waals surface area contributed by atoms with E-state index in [0.29, 0.717) is 24.8 Å². The van der Waals surface area contributed by atoms with Crippen LogP contribution in [0.1, 0.15) is 26.7 Å². The van der Waals surface area contributed by atoms with Gasteiger partial charge < -0.3 is 15.2 Å². The third kappa shape index (κ3) is 2.41. The van der Waals surface area contributed by atoms with Crippen molar-refractivity contribution in [1.82, 2.24) is 9.55 Å². The maximum absolute atomic E-state index is 12.3. The third-order valence-corrected chi connectivity index (χ3v) is 3.76. The Morgan fingerprint density at radius 1 is 1.56 bits per heavy atom. The summed E-state index contributed by atoms with van der Waals surface area (Å²) in [5, 5.41) is 0. The van der Waals surface area contributed by atoms with E-state index in [0.717, 1.165) is 19.4 Å². The lowest BCUT2D eigenvalue weighted by Gasteiger charge is -2.38. The topological polar surface area (TPSA) is 64.2 Å². The zero-order valence-corrected chi connectivity index (χ0v) is 11.2. The first-order valence-corrected chi connectivity index (χ1v) is 6.69. The van der Waals surface area contributed by atoms with Gasteiger partial charge in [0.1, 0.15) is 0 Å². The quantitative estimate of drug-likeness (QED) is 0.863. The van der Waals surface area contributed by atoms with E-state index in [1.165, 1.54) is 0 Å². The van der Waals surface area contributed by atoms with Crippen LogP contribution in [0, 0.1) is 5.92 Å². The third-order valence-electron chi connectivity index (χ3n) is 3.76. The molecule has 0 radical (unpaired) electrons. The molecule has 0 aliphatic carbocycles. The van der Waals surface area contributed by atoms with E-state index in [-0.39, 0.29) is 11.6 Å². The van der Waals surface area contributed by atoms with Gasteiger partial charge in [-0.15, -0.1) is 0 Å². The van der Waals surface area contributed by atoms with Crippen molar-refractivity contribution in [2.45, 2.75) is 39.3 Å². The van der Waals surface area contributed by atoms with Crippen LogP contribution >= 0.6 is 0 Å². The molecule has 1 aromatic rings. The van der Waals surface area contributed by atoms with E-state index in [1.807, 2.05) is 6.92 Å². The van der Waals surface area contributed by atoms with Crippen molar-refractivity contribution in [1.29, 1.82) is 0 Å². The van der Waals surface area contributed by atoms with Crippen molar-refractivity contribution in [3.05, 3.63) is 22.7 Å². The molecule has 18 heavy (non-hydrogen) atoms. The molecule has 5 nitrogen and oxygen atoms in total. The molecule has 1 aromatic heterocycles. The second kappa shape index (κ2) is 5.52. The highest BCUT2D eigenvalue weighted by atomic mass is 16.1. The van der Waals surface area contributed by atoms with E-state index in [2.05, 4.69) is 16.8 Å². The van der Waals surface area contributed by atoms with Crippen LogP contribution in [-0.4, -0.2) is 28.7 Å². The number of rotatable bonds is 3. The number of nitrogens with zero attached hydrogens (tertiary/aromatic N) is 3. The predicted molar refractivity (Wildman–Crippen MR) is 72.8 cm³/mol. The Bertz CT molecular complexity index is 457. The smallest absolute Gasteiger partial charge is 0.293 e. The molecule has 0 bridgehead atoms. The molecule has 5 heteroatoms. The highest BCUT2D eigenvalue weighted by molar-refractivity contribution is 5.38. The summed E-state index contributed by atoms with van der Waals surface area (Å²) in [6.07, 6.45) is 5.57. The van der Waals surface area contributed by atoms with Gasteiger partial charge in [0.05, 0.1) is 0 Å². The number of anilines is 1.